The fraction of sp³-hybridized carbons (Fsp3) is 0.304. The molecule has 32 heavy (non-hydrogen) atoms. The number of piperazine rings is 1. The summed E-state index contributed by atoms with van der Waals surface area (Å²) in [5.74, 6) is 1.14. The molecule has 0 spiro atoms. The molecule has 1 amide bonds. The zero-order chi connectivity index (χ0) is 22.7. The van der Waals surface area contributed by atoms with Crippen LogP contribution in [-0.2, 0) is 0 Å². The third-order valence-electron chi connectivity index (χ3n) is 5.36. The summed E-state index contributed by atoms with van der Waals surface area (Å²) in [5, 5.41) is 1.15. The van der Waals surface area contributed by atoms with Crippen LogP contribution >= 0.6 is 23.2 Å². The molecular formula is C23H22Cl2N2O5. The normalized spacial score (nSPS) is 14.5. The van der Waals surface area contributed by atoms with Crippen molar-refractivity contribution in [1.29, 1.82) is 0 Å². The molecule has 2 aromatic carbocycles. The Hall–Kier alpha value is -2.74. The Morgan fingerprint density at radius 3 is 2.56 bits per heavy atom. The van der Waals surface area contributed by atoms with Crippen molar-refractivity contribution in [1.82, 2.24) is 9.80 Å². The lowest BCUT2D eigenvalue weighted by Crippen LogP contribution is -2.50. The average Bonchev–Trinajstić information content (AvgIpc) is 2.79. The first-order chi connectivity index (χ1) is 15.4. The van der Waals surface area contributed by atoms with Crippen molar-refractivity contribution >= 4 is 40.1 Å². The number of benzene rings is 2. The lowest BCUT2D eigenvalue weighted by molar-refractivity contribution is 0.0616. The average molecular weight is 477 g/mol. The molecule has 0 aliphatic carbocycles. The molecule has 1 aromatic heterocycles. The second kappa shape index (κ2) is 9.81. The summed E-state index contributed by atoms with van der Waals surface area (Å²) in [6.07, 6.45) is 0. The Bertz CT molecular complexity index is 1190. The van der Waals surface area contributed by atoms with Crippen LogP contribution in [-0.4, -0.2) is 62.1 Å². The van der Waals surface area contributed by atoms with Crippen molar-refractivity contribution in [3.8, 4) is 11.5 Å². The van der Waals surface area contributed by atoms with Gasteiger partial charge in [0.15, 0.2) is 5.58 Å². The van der Waals surface area contributed by atoms with Crippen LogP contribution in [0.25, 0.3) is 11.0 Å². The number of hydrogen-bond acceptors (Lipinski definition) is 6. The number of hydrogen-bond donors (Lipinski definition) is 0. The van der Waals surface area contributed by atoms with Crippen LogP contribution in [0.1, 0.15) is 10.4 Å². The van der Waals surface area contributed by atoms with Crippen LogP contribution in [0.4, 0.5) is 0 Å². The zero-order valence-corrected chi connectivity index (χ0v) is 19.0. The highest BCUT2D eigenvalue weighted by molar-refractivity contribution is 6.38. The van der Waals surface area contributed by atoms with Gasteiger partial charge in [0.2, 0.25) is 0 Å². The van der Waals surface area contributed by atoms with E-state index in [-0.39, 0.29) is 22.1 Å². The highest BCUT2D eigenvalue weighted by Gasteiger charge is 2.25. The molecule has 7 nitrogen and oxygen atoms in total. The van der Waals surface area contributed by atoms with E-state index < -0.39 is 5.63 Å². The maximum atomic E-state index is 12.9. The van der Waals surface area contributed by atoms with Crippen LogP contribution in [0.2, 0.25) is 10.0 Å². The quantitative estimate of drug-likeness (QED) is 0.501. The van der Waals surface area contributed by atoms with Gasteiger partial charge in [0.1, 0.15) is 23.7 Å². The summed E-state index contributed by atoms with van der Waals surface area (Å²) in [6.45, 7) is 3.64. The molecule has 0 radical (unpaired) electrons. The fourth-order valence-electron chi connectivity index (χ4n) is 3.63. The van der Waals surface area contributed by atoms with Gasteiger partial charge in [-0.05, 0) is 30.3 Å². The summed E-state index contributed by atoms with van der Waals surface area (Å²) in [4.78, 5) is 29.2. The van der Waals surface area contributed by atoms with Gasteiger partial charge >= 0.3 is 5.63 Å². The molecule has 0 atom stereocenters. The lowest BCUT2D eigenvalue weighted by atomic mass is 10.1. The molecule has 1 saturated heterocycles. The monoisotopic (exact) mass is 476 g/mol. The number of nitrogens with zero attached hydrogens (tertiary/aromatic N) is 2. The number of fused-ring (bicyclic) bond motifs is 1. The van der Waals surface area contributed by atoms with Crippen LogP contribution in [0.15, 0.2) is 51.7 Å². The minimum Gasteiger partial charge on any atom is -0.497 e. The van der Waals surface area contributed by atoms with Gasteiger partial charge in [-0.15, -0.1) is 0 Å². The molecule has 4 rings (SSSR count). The van der Waals surface area contributed by atoms with E-state index in [9.17, 15) is 9.59 Å². The molecule has 168 valence electrons. The van der Waals surface area contributed by atoms with Gasteiger partial charge in [0.25, 0.3) is 5.91 Å². The first kappa shape index (κ1) is 22.5. The summed E-state index contributed by atoms with van der Waals surface area (Å²) in [5.41, 5.74) is -0.509. The Balaban J connectivity index is 1.34. The maximum absolute atomic E-state index is 12.9. The molecule has 2 heterocycles. The smallest absolute Gasteiger partial charge is 0.349 e. The van der Waals surface area contributed by atoms with Gasteiger partial charge in [0.05, 0.1) is 12.1 Å². The highest BCUT2D eigenvalue weighted by Crippen LogP contribution is 2.27. The van der Waals surface area contributed by atoms with Gasteiger partial charge in [-0.1, -0.05) is 29.3 Å². The number of methoxy groups -OCH3 is 1. The van der Waals surface area contributed by atoms with Crippen LogP contribution < -0.4 is 15.1 Å². The highest BCUT2D eigenvalue weighted by atomic mass is 35.5. The minimum atomic E-state index is -0.708. The van der Waals surface area contributed by atoms with Crippen molar-refractivity contribution < 1.29 is 18.7 Å². The maximum Gasteiger partial charge on any atom is 0.349 e. The van der Waals surface area contributed by atoms with E-state index in [1.807, 2.05) is 24.3 Å². The van der Waals surface area contributed by atoms with Crippen molar-refractivity contribution in [3.05, 3.63) is 68.5 Å². The minimum absolute atomic E-state index is 0.0226. The second-order valence-electron chi connectivity index (χ2n) is 7.41. The van der Waals surface area contributed by atoms with Gasteiger partial charge in [-0.3, -0.25) is 9.69 Å². The van der Waals surface area contributed by atoms with Gasteiger partial charge in [0, 0.05) is 49.2 Å². The summed E-state index contributed by atoms with van der Waals surface area (Å²) < 4.78 is 16.3. The number of rotatable bonds is 6. The van der Waals surface area contributed by atoms with E-state index in [2.05, 4.69) is 4.90 Å². The third-order valence-corrected chi connectivity index (χ3v) is 5.86. The molecule has 0 unspecified atom stereocenters. The second-order valence-corrected chi connectivity index (χ2v) is 8.26. The predicted molar refractivity (Wildman–Crippen MR) is 123 cm³/mol. The largest absolute Gasteiger partial charge is 0.497 e. The summed E-state index contributed by atoms with van der Waals surface area (Å²) >= 11 is 12.1. The summed E-state index contributed by atoms with van der Waals surface area (Å²) in [6, 6.07) is 12.1. The Labute approximate surface area is 195 Å². The van der Waals surface area contributed by atoms with Crippen molar-refractivity contribution in [2.24, 2.45) is 0 Å². The molecule has 9 heteroatoms. The number of carbonyl (C=O) groups excluding carboxylic acids is 1. The number of amides is 1. The number of ether oxygens (including phenoxy) is 2. The Morgan fingerprint density at radius 2 is 1.81 bits per heavy atom. The lowest BCUT2D eigenvalue weighted by Gasteiger charge is -2.34. The molecule has 0 bridgehead atoms. The SMILES string of the molecule is COc1cccc(OCCN2CCN(C(=O)c3cc4cc(Cl)cc(Cl)c4oc3=O)CC2)c1. The predicted octanol–water partition coefficient (Wildman–Crippen LogP) is 3.95. The van der Waals surface area contributed by atoms with Crippen molar-refractivity contribution in [3.63, 3.8) is 0 Å². The Kier molecular flexibility index (Phi) is 6.89. The van der Waals surface area contributed by atoms with E-state index in [4.69, 9.17) is 37.1 Å². The zero-order valence-electron chi connectivity index (χ0n) is 17.5. The van der Waals surface area contributed by atoms with E-state index in [0.29, 0.717) is 43.2 Å². The van der Waals surface area contributed by atoms with Crippen molar-refractivity contribution in [2.75, 3.05) is 46.4 Å². The van der Waals surface area contributed by atoms with E-state index in [0.717, 1.165) is 18.0 Å². The van der Waals surface area contributed by atoms with E-state index in [1.54, 1.807) is 18.1 Å². The fourth-order valence-corrected chi connectivity index (χ4v) is 4.18. The van der Waals surface area contributed by atoms with E-state index >= 15 is 0 Å². The van der Waals surface area contributed by atoms with Crippen molar-refractivity contribution in [2.45, 2.75) is 0 Å². The van der Waals surface area contributed by atoms with Gasteiger partial charge in [-0.2, -0.15) is 0 Å². The third kappa shape index (κ3) is 5.01. The van der Waals surface area contributed by atoms with Crippen LogP contribution in [0, 0.1) is 0 Å². The first-order valence-electron chi connectivity index (χ1n) is 10.2. The number of halogens is 2. The topological polar surface area (TPSA) is 72.2 Å². The molecule has 0 N–H and O–H groups in total. The molecule has 1 aliphatic heterocycles. The Morgan fingerprint density at radius 1 is 1.06 bits per heavy atom. The standard InChI is InChI=1S/C23H22Cl2N2O5/c1-30-17-3-2-4-18(14-17)31-10-9-26-5-7-27(8-6-26)22(28)19-12-15-11-16(24)13-20(25)21(15)32-23(19)29/h2-4,11-14H,5-10H2,1H3. The molecular weight excluding hydrogens is 455 g/mol. The van der Waals surface area contributed by atoms with E-state index in [1.165, 1.54) is 12.1 Å². The van der Waals surface area contributed by atoms with Gasteiger partial charge < -0.3 is 18.8 Å². The number of carbonyl (C=O) groups is 1. The first-order valence-corrected chi connectivity index (χ1v) is 10.9. The van der Waals surface area contributed by atoms with Gasteiger partial charge in [-0.25, -0.2) is 4.79 Å². The van der Waals surface area contributed by atoms with Crippen LogP contribution in [0.5, 0.6) is 11.5 Å². The van der Waals surface area contributed by atoms with Crippen LogP contribution in [0.3, 0.4) is 0 Å². The molecule has 1 fully saturated rings. The molecule has 1 aliphatic rings. The molecule has 3 aromatic rings. The summed E-state index contributed by atoms with van der Waals surface area (Å²) in [7, 11) is 1.62. The molecule has 0 saturated carbocycles.